The van der Waals surface area contributed by atoms with E-state index in [1.54, 1.807) is 13.8 Å². The summed E-state index contributed by atoms with van der Waals surface area (Å²) in [5.74, 6) is -0.259. The Bertz CT molecular complexity index is 567. The summed E-state index contributed by atoms with van der Waals surface area (Å²) in [5.41, 5.74) is 1.92. The van der Waals surface area contributed by atoms with Gasteiger partial charge >= 0.3 is 5.97 Å². The number of aryl methyl sites for hydroxylation is 1. The van der Waals surface area contributed by atoms with E-state index in [1.807, 2.05) is 13.0 Å². The van der Waals surface area contributed by atoms with Crippen LogP contribution in [0, 0.1) is 25.2 Å². The van der Waals surface area contributed by atoms with Crippen LogP contribution in [-0.4, -0.2) is 17.6 Å². The number of esters is 1. The summed E-state index contributed by atoms with van der Waals surface area (Å²) in [4.78, 5) is 25.6. The van der Waals surface area contributed by atoms with E-state index in [4.69, 9.17) is 10.00 Å². The van der Waals surface area contributed by atoms with Gasteiger partial charge in [-0.05, 0) is 37.8 Å². The molecule has 1 N–H and O–H groups in total. The third-order valence-corrected chi connectivity index (χ3v) is 2.97. The Morgan fingerprint density at radius 3 is 2.68 bits per heavy atom. The van der Waals surface area contributed by atoms with Crippen LogP contribution >= 0.6 is 0 Å². The lowest BCUT2D eigenvalue weighted by Gasteiger charge is -2.10. The molecule has 0 atom stereocenters. The molecule has 0 aliphatic rings. The maximum atomic E-state index is 11.6. The summed E-state index contributed by atoms with van der Waals surface area (Å²) in [6, 6.07) is 1.89. The minimum absolute atomic E-state index is 0.113. The van der Waals surface area contributed by atoms with Gasteiger partial charge < -0.3 is 9.72 Å². The van der Waals surface area contributed by atoms with Crippen molar-refractivity contribution in [1.29, 1.82) is 5.26 Å². The molecular formula is C14H18N2O3. The van der Waals surface area contributed by atoms with E-state index in [-0.39, 0.29) is 23.5 Å². The molecule has 0 unspecified atom stereocenters. The fourth-order valence-electron chi connectivity index (χ4n) is 1.94. The second-order valence-electron chi connectivity index (χ2n) is 4.39. The number of nitriles is 1. The fraction of sp³-hybridized carbons (Fsp3) is 0.500. The molecule has 0 saturated carbocycles. The van der Waals surface area contributed by atoms with E-state index in [9.17, 15) is 9.59 Å². The Kier molecular flexibility index (Phi) is 5.31. The minimum Gasteiger partial charge on any atom is -0.466 e. The molecule has 1 aromatic rings. The topological polar surface area (TPSA) is 83.0 Å². The number of carbonyl (C=O) groups is 1. The van der Waals surface area contributed by atoms with Crippen LogP contribution in [0.15, 0.2) is 4.79 Å². The van der Waals surface area contributed by atoms with Gasteiger partial charge in [-0.15, -0.1) is 0 Å². The normalized spacial score (nSPS) is 10.0. The van der Waals surface area contributed by atoms with Crippen LogP contribution < -0.4 is 5.56 Å². The summed E-state index contributed by atoms with van der Waals surface area (Å²) in [7, 11) is 0. The standard InChI is InChI=1S/C14H18N2O3/c1-4-7-19-13(17)6-5-11-9(2)12(8-15)14(18)16-10(11)3/h4-7H2,1-3H3,(H,16,18). The molecule has 1 aromatic heterocycles. The van der Waals surface area contributed by atoms with Crippen LogP contribution in [0.3, 0.4) is 0 Å². The first kappa shape index (κ1) is 15.0. The average Bonchev–Trinajstić information content (AvgIpc) is 2.36. The second-order valence-corrected chi connectivity index (χ2v) is 4.39. The number of ether oxygens (including phenoxy) is 1. The van der Waals surface area contributed by atoms with Crippen molar-refractivity contribution in [2.75, 3.05) is 6.61 Å². The maximum Gasteiger partial charge on any atom is 0.306 e. The Labute approximate surface area is 112 Å². The van der Waals surface area contributed by atoms with Gasteiger partial charge in [-0.1, -0.05) is 6.92 Å². The predicted octanol–water partition coefficient (Wildman–Crippen LogP) is 1.75. The molecule has 0 amide bonds. The van der Waals surface area contributed by atoms with Crippen molar-refractivity contribution in [2.45, 2.75) is 40.0 Å². The number of nitrogens with zero attached hydrogens (tertiary/aromatic N) is 1. The number of hydrogen-bond donors (Lipinski definition) is 1. The molecule has 0 spiro atoms. The largest absolute Gasteiger partial charge is 0.466 e. The van der Waals surface area contributed by atoms with Gasteiger partial charge in [0.15, 0.2) is 0 Å². The zero-order valence-electron chi connectivity index (χ0n) is 11.5. The van der Waals surface area contributed by atoms with Crippen LogP contribution in [0.2, 0.25) is 0 Å². The predicted molar refractivity (Wildman–Crippen MR) is 70.8 cm³/mol. The van der Waals surface area contributed by atoms with Crippen LogP contribution in [0.5, 0.6) is 0 Å². The molecule has 19 heavy (non-hydrogen) atoms. The molecular weight excluding hydrogens is 244 g/mol. The van der Waals surface area contributed by atoms with Gasteiger partial charge in [-0.2, -0.15) is 5.26 Å². The molecule has 5 nitrogen and oxygen atoms in total. The van der Waals surface area contributed by atoms with Gasteiger partial charge in [0.25, 0.3) is 5.56 Å². The smallest absolute Gasteiger partial charge is 0.306 e. The number of rotatable bonds is 5. The number of aromatic nitrogens is 1. The molecule has 0 aliphatic heterocycles. The summed E-state index contributed by atoms with van der Waals surface area (Å²) < 4.78 is 5.00. The summed E-state index contributed by atoms with van der Waals surface area (Å²) in [6.45, 7) is 5.85. The van der Waals surface area contributed by atoms with Crippen molar-refractivity contribution in [2.24, 2.45) is 0 Å². The number of carbonyl (C=O) groups excluding carboxylic acids is 1. The van der Waals surface area contributed by atoms with Gasteiger partial charge in [0.2, 0.25) is 0 Å². The highest BCUT2D eigenvalue weighted by atomic mass is 16.5. The average molecular weight is 262 g/mol. The molecule has 0 aliphatic carbocycles. The number of hydrogen-bond acceptors (Lipinski definition) is 4. The molecule has 0 aromatic carbocycles. The molecule has 102 valence electrons. The van der Waals surface area contributed by atoms with E-state index in [0.717, 1.165) is 12.0 Å². The van der Waals surface area contributed by atoms with Crippen molar-refractivity contribution >= 4 is 5.97 Å². The zero-order chi connectivity index (χ0) is 14.4. The molecule has 0 saturated heterocycles. The van der Waals surface area contributed by atoms with Crippen LogP contribution in [-0.2, 0) is 16.0 Å². The zero-order valence-corrected chi connectivity index (χ0v) is 11.5. The van der Waals surface area contributed by atoms with E-state index in [1.165, 1.54) is 0 Å². The Morgan fingerprint density at radius 2 is 2.11 bits per heavy atom. The summed E-state index contributed by atoms with van der Waals surface area (Å²) >= 11 is 0. The highest BCUT2D eigenvalue weighted by molar-refractivity contribution is 5.69. The lowest BCUT2D eigenvalue weighted by molar-refractivity contribution is -0.143. The number of H-pyrrole nitrogens is 1. The SMILES string of the molecule is CCCOC(=O)CCc1c(C)[nH]c(=O)c(C#N)c1C. The number of pyridine rings is 1. The maximum absolute atomic E-state index is 11.6. The summed E-state index contributed by atoms with van der Waals surface area (Å²) in [5, 5.41) is 8.95. The van der Waals surface area contributed by atoms with Crippen molar-refractivity contribution in [1.82, 2.24) is 4.98 Å². The molecule has 0 radical (unpaired) electrons. The van der Waals surface area contributed by atoms with Gasteiger partial charge in [0.05, 0.1) is 6.61 Å². The van der Waals surface area contributed by atoms with Crippen molar-refractivity contribution in [3.05, 3.63) is 32.7 Å². The van der Waals surface area contributed by atoms with E-state index in [0.29, 0.717) is 24.3 Å². The molecule has 1 rings (SSSR count). The molecule has 1 heterocycles. The van der Waals surface area contributed by atoms with Gasteiger partial charge in [0.1, 0.15) is 11.6 Å². The number of nitrogens with one attached hydrogen (secondary N) is 1. The highest BCUT2D eigenvalue weighted by Gasteiger charge is 2.13. The molecule has 0 bridgehead atoms. The van der Waals surface area contributed by atoms with E-state index in [2.05, 4.69) is 4.98 Å². The third-order valence-electron chi connectivity index (χ3n) is 2.97. The third kappa shape index (κ3) is 3.68. The van der Waals surface area contributed by atoms with Crippen LogP contribution in [0.25, 0.3) is 0 Å². The van der Waals surface area contributed by atoms with Crippen LogP contribution in [0.1, 0.15) is 42.1 Å². The Morgan fingerprint density at radius 1 is 1.42 bits per heavy atom. The first-order valence-corrected chi connectivity index (χ1v) is 6.29. The lowest BCUT2D eigenvalue weighted by atomic mass is 9.99. The highest BCUT2D eigenvalue weighted by Crippen LogP contribution is 2.15. The fourth-order valence-corrected chi connectivity index (χ4v) is 1.94. The van der Waals surface area contributed by atoms with E-state index < -0.39 is 0 Å². The second kappa shape index (κ2) is 6.74. The van der Waals surface area contributed by atoms with Crippen molar-refractivity contribution in [3.63, 3.8) is 0 Å². The van der Waals surface area contributed by atoms with Gasteiger partial charge in [-0.3, -0.25) is 9.59 Å². The minimum atomic E-state index is -0.380. The van der Waals surface area contributed by atoms with E-state index >= 15 is 0 Å². The van der Waals surface area contributed by atoms with Gasteiger partial charge in [0, 0.05) is 12.1 Å². The Balaban J connectivity index is 2.88. The van der Waals surface area contributed by atoms with Gasteiger partial charge in [-0.25, -0.2) is 0 Å². The first-order valence-electron chi connectivity index (χ1n) is 6.29. The van der Waals surface area contributed by atoms with Crippen molar-refractivity contribution < 1.29 is 9.53 Å². The first-order chi connectivity index (χ1) is 9.01. The van der Waals surface area contributed by atoms with Crippen molar-refractivity contribution in [3.8, 4) is 6.07 Å². The quantitative estimate of drug-likeness (QED) is 0.819. The van der Waals surface area contributed by atoms with Crippen LogP contribution in [0.4, 0.5) is 0 Å². The molecule has 0 fully saturated rings. The molecule has 5 heteroatoms. The summed E-state index contributed by atoms with van der Waals surface area (Å²) in [6.07, 6.45) is 1.51. The number of aromatic amines is 1. The lowest BCUT2D eigenvalue weighted by Crippen LogP contribution is -2.17. The Hall–Kier alpha value is -2.09. The monoisotopic (exact) mass is 262 g/mol.